The number of benzene rings is 2. The molecule has 8 heteroatoms. The molecule has 132 valence electrons. The molecule has 25 heavy (non-hydrogen) atoms. The number of hydrogen-bond acceptors (Lipinski definition) is 3. The van der Waals surface area contributed by atoms with Crippen LogP contribution in [0.1, 0.15) is 6.92 Å². The number of amides is 2. The normalized spacial score (nSPS) is 11.5. The van der Waals surface area contributed by atoms with Gasteiger partial charge in [-0.2, -0.15) is 0 Å². The Morgan fingerprint density at radius 2 is 1.72 bits per heavy atom. The maximum atomic E-state index is 13.5. The number of rotatable bonds is 6. The number of carbonyl (C=O) groups excluding carboxylic acids is 2. The van der Waals surface area contributed by atoms with Crippen LogP contribution in [-0.4, -0.2) is 24.5 Å². The average Bonchev–Trinajstić information content (AvgIpc) is 2.61. The predicted molar refractivity (Wildman–Crippen MR) is 84.5 cm³/mol. The highest BCUT2D eigenvalue weighted by Gasteiger charge is 2.18. The lowest BCUT2D eigenvalue weighted by Crippen LogP contribution is -2.40. The minimum Gasteiger partial charge on any atom is -0.481 e. The first-order valence-electron chi connectivity index (χ1n) is 7.31. The van der Waals surface area contributed by atoms with Crippen LogP contribution in [0.3, 0.4) is 0 Å². The van der Waals surface area contributed by atoms with Gasteiger partial charge in [0.25, 0.3) is 5.91 Å². The Labute approximate surface area is 141 Å². The molecular formula is C17H15F3N2O3. The summed E-state index contributed by atoms with van der Waals surface area (Å²) in [6.07, 6.45) is -0.866. The molecule has 2 aromatic rings. The van der Waals surface area contributed by atoms with E-state index in [0.29, 0.717) is 11.8 Å². The van der Waals surface area contributed by atoms with Gasteiger partial charge in [0.05, 0.1) is 12.2 Å². The van der Waals surface area contributed by atoms with E-state index in [4.69, 9.17) is 4.74 Å². The molecule has 0 fully saturated rings. The van der Waals surface area contributed by atoms with E-state index in [2.05, 4.69) is 5.32 Å². The second-order valence-electron chi connectivity index (χ2n) is 5.06. The Hall–Kier alpha value is -3.03. The third-order valence-corrected chi connectivity index (χ3v) is 3.16. The molecule has 0 aliphatic rings. The van der Waals surface area contributed by atoms with Crippen molar-refractivity contribution in [1.29, 1.82) is 0 Å². The van der Waals surface area contributed by atoms with Crippen LogP contribution in [0.4, 0.5) is 18.9 Å². The average molecular weight is 352 g/mol. The van der Waals surface area contributed by atoms with Crippen molar-refractivity contribution in [3.8, 4) is 5.75 Å². The van der Waals surface area contributed by atoms with Crippen molar-refractivity contribution >= 4 is 17.5 Å². The van der Waals surface area contributed by atoms with Crippen molar-refractivity contribution in [2.75, 3.05) is 11.9 Å². The zero-order chi connectivity index (χ0) is 18.4. The van der Waals surface area contributed by atoms with Crippen LogP contribution in [0.2, 0.25) is 0 Å². The molecule has 0 saturated heterocycles. The number of ether oxygens (including phenoxy) is 1. The van der Waals surface area contributed by atoms with Crippen molar-refractivity contribution in [3.05, 3.63) is 59.9 Å². The fourth-order valence-corrected chi connectivity index (χ4v) is 1.88. The summed E-state index contributed by atoms with van der Waals surface area (Å²) < 4.78 is 44.7. The first kappa shape index (κ1) is 18.3. The summed E-state index contributed by atoms with van der Waals surface area (Å²) in [7, 11) is 0. The number of carbonyl (C=O) groups is 2. The van der Waals surface area contributed by atoms with Crippen molar-refractivity contribution in [2.24, 2.45) is 0 Å². The Morgan fingerprint density at radius 1 is 1.04 bits per heavy atom. The van der Waals surface area contributed by atoms with E-state index in [0.717, 1.165) is 6.07 Å². The van der Waals surface area contributed by atoms with Crippen molar-refractivity contribution < 1.29 is 27.5 Å². The second-order valence-corrected chi connectivity index (χ2v) is 5.06. The van der Waals surface area contributed by atoms with Gasteiger partial charge in [0, 0.05) is 0 Å². The summed E-state index contributed by atoms with van der Waals surface area (Å²) in [6, 6.07) is 10.2. The molecule has 0 aliphatic carbocycles. The van der Waals surface area contributed by atoms with Gasteiger partial charge in [-0.05, 0) is 31.2 Å². The van der Waals surface area contributed by atoms with E-state index in [9.17, 15) is 22.8 Å². The van der Waals surface area contributed by atoms with Crippen molar-refractivity contribution in [1.82, 2.24) is 5.32 Å². The highest BCUT2D eigenvalue weighted by atomic mass is 19.2. The molecule has 5 nitrogen and oxygen atoms in total. The summed E-state index contributed by atoms with van der Waals surface area (Å²) in [5.74, 6) is -5.45. The van der Waals surface area contributed by atoms with Crippen molar-refractivity contribution in [2.45, 2.75) is 13.0 Å². The topological polar surface area (TPSA) is 67.4 Å². The molecule has 0 aromatic heterocycles. The molecule has 2 aromatic carbocycles. The molecule has 2 amide bonds. The number of hydrogen-bond donors (Lipinski definition) is 2. The van der Waals surface area contributed by atoms with Gasteiger partial charge in [-0.15, -0.1) is 0 Å². The van der Waals surface area contributed by atoms with E-state index in [1.54, 1.807) is 30.3 Å². The summed E-state index contributed by atoms with van der Waals surface area (Å²) in [6.45, 7) is 1.01. The Morgan fingerprint density at radius 3 is 2.40 bits per heavy atom. The lowest BCUT2D eigenvalue weighted by atomic mass is 10.2. The van der Waals surface area contributed by atoms with E-state index in [-0.39, 0.29) is 0 Å². The van der Waals surface area contributed by atoms with E-state index in [1.165, 1.54) is 6.92 Å². The van der Waals surface area contributed by atoms with E-state index < -0.39 is 47.6 Å². The molecule has 0 spiro atoms. The van der Waals surface area contributed by atoms with E-state index >= 15 is 0 Å². The van der Waals surface area contributed by atoms with Crippen LogP contribution in [-0.2, 0) is 9.59 Å². The zero-order valence-electron chi connectivity index (χ0n) is 13.2. The van der Waals surface area contributed by atoms with Gasteiger partial charge in [0.15, 0.2) is 23.6 Å². The molecule has 0 unspecified atom stereocenters. The minimum absolute atomic E-state index is 0.485. The summed E-state index contributed by atoms with van der Waals surface area (Å²) in [5, 5.41) is 4.35. The van der Waals surface area contributed by atoms with Gasteiger partial charge in [-0.25, -0.2) is 13.2 Å². The van der Waals surface area contributed by atoms with Crippen LogP contribution in [0.25, 0.3) is 0 Å². The van der Waals surface area contributed by atoms with Crippen LogP contribution in [0.5, 0.6) is 5.75 Å². The summed E-state index contributed by atoms with van der Waals surface area (Å²) in [5.41, 5.74) is -0.522. The Kier molecular flexibility index (Phi) is 5.99. The van der Waals surface area contributed by atoms with Gasteiger partial charge < -0.3 is 15.4 Å². The van der Waals surface area contributed by atoms with Gasteiger partial charge in [-0.1, -0.05) is 18.2 Å². The summed E-state index contributed by atoms with van der Waals surface area (Å²) in [4.78, 5) is 23.6. The zero-order valence-corrected chi connectivity index (χ0v) is 13.2. The highest BCUT2D eigenvalue weighted by molar-refractivity contribution is 5.95. The molecule has 0 radical (unpaired) electrons. The monoisotopic (exact) mass is 352 g/mol. The van der Waals surface area contributed by atoms with Crippen LogP contribution >= 0.6 is 0 Å². The number of nitrogens with one attached hydrogen (secondary N) is 2. The third-order valence-electron chi connectivity index (χ3n) is 3.16. The number of halogens is 3. The number of para-hydroxylation sites is 1. The second kappa shape index (κ2) is 8.18. The number of anilines is 1. The smallest absolute Gasteiger partial charge is 0.261 e. The van der Waals surface area contributed by atoms with Gasteiger partial charge in [0.1, 0.15) is 5.75 Å². The van der Waals surface area contributed by atoms with Gasteiger partial charge in [0.2, 0.25) is 5.91 Å². The molecule has 0 heterocycles. The minimum atomic E-state index is -1.69. The van der Waals surface area contributed by atoms with Gasteiger partial charge >= 0.3 is 0 Å². The molecule has 0 aliphatic heterocycles. The fraction of sp³-hybridized carbons (Fsp3) is 0.176. The largest absolute Gasteiger partial charge is 0.481 e. The lowest BCUT2D eigenvalue weighted by molar-refractivity contribution is -0.129. The maximum absolute atomic E-state index is 13.5. The Balaban J connectivity index is 1.85. The first-order chi connectivity index (χ1) is 11.9. The molecular weight excluding hydrogens is 337 g/mol. The maximum Gasteiger partial charge on any atom is 0.261 e. The molecule has 2 N–H and O–H groups in total. The molecule has 0 saturated carbocycles. The van der Waals surface area contributed by atoms with E-state index in [1.807, 2.05) is 5.32 Å². The van der Waals surface area contributed by atoms with Crippen LogP contribution in [0.15, 0.2) is 42.5 Å². The van der Waals surface area contributed by atoms with Gasteiger partial charge in [-0.3, -0.25) is 9.59 Å². The highest BCUT2D eigenvalue weighted by Crippen LogP contribution is 2.19. The lowest BCUT2D eigenvalue weighted by Gasteiger charge is -2.14. The van der Waals surface area contributed by atoms with Crippen LogP contribution < -0.4 is 15.4 Å². The molecule has 0 bridgehead atoms. The Bertz CT molecular complexity index is 769. The van der Waals surface area contributed by atoms with Crippen molar-refractivity contribution in [3.63, 3.8) is 0 Å². The molecule has 2 rings (SSSR count). The first-order valence-corrected chi connectivity index (χ1v) is 7.31. The quantitative estimate of drug-likeness (QED) is 0.786. The predicted octanol–water partition coefficient (Wildman–Crippen LogP) is 2.63. The van der Waals surface area contributed by atoms with Crippen LogP contribution in [0, 0.1) is 17.5 Å². The SMILES string of the molecule is C[C@H](Oc1ccccc1)C(=O)NCC(=O)Nc1ccc(F)c(F)c1F. The third kappa shape index (κ3) is 4.97. The fourth-order valence-electron chi connectivity index (χ4n) is 1.88. The summed E-state index contributed by atoms with van der Waals surface area (Å²) >= 11 is 0. The molecule has 1 atom stereocenters. The standard InChI is InChI=1S/C17H15F3N2O3/c1-10(25-11-5-3-2-4-6-11)17(24)21-9-14(23)22-13-8-7-12(18)15(19)16(13)20/h2-8,10H,9H2,1H3,(H,21,24)(H,22,23)/t10-/m0/s1.